The van der Waals surface area contributed by atoms with E-state index in [1.54, 1.807) is 0 Å². The normalized spacial score (nSPS) is 10.2. The van der Waals surface area contributed by atoms with Crippen molar-refractivity contribution in [3.05, 3.63) is 53.2 Å². The molecule has 110 valence electrons. The number of ether oxygens (including phenoxy) is 1. The van der Waals surface area contributed by atoms with Crippen molar-refractivity contribution < 1.29 is 18.3 Å². The minimum Gasteiger partial charge on any atom is -0.465 e. The fourth-order valence-electron chi connectivity index (χ4n) is 1.76. The van der Waals surface area contributed by atoms with Crippen molar-refractivity contribution in [2.75, 3.05) is 18.2 Å². The largest absolute Gasteiger partial charge is 0.465 e. The molecule has 0 bridgehead atoms. The number of carbonyl (C=O) groups is 1. The molecule has 0 radical (unpaired) electrons. The molecule has 7 heteroatoms. The second-order valence-corrected chi connectivity index (χ2v) is 4.20. The maximum Gasteiger partial charge on any atom is 0.340 e. The maximum atomic E-state index is 13.5. The average molecular weight is 293 g/mol. The summed E-state index contributed by atoms with van der Waals surface area (Å²) in [6.07, 6.45) is 1.37. The van der Waals surface area contributed by atoms with Crippen LogP contribution >= 0.6 is 0 Å². The van der Waals surface area contributed by atoms with Crippen LogP contribution in [0.4, 0.5) is 20.3 Å². The third-order valence-corrected chi connectivity index (χ3v) is 2.85. The second kappa shape index (κ2) is 6.17. The van der Waals surface area contributed by atoms with Gasteiger partial charge in [-0.3, -0.25) is 0 Å². The minimum absolute atomic E-state index is 0.0224. The van der Waals surface area contributed by atoms with Crippen molar-refractivity contribution >= 4 is 17.5 Å². The molecule has 0 atom stereocenters. The van der Waals surface area contributed by atoms with Crippen LogP contribution in [0.3, 0.4) is 0 Å². The Labute approximate surface area is 119 Å². The first-order valence-corrected chi connectivity index (χ1v) is 6.03. The number of nitrogens with two attached hydrogens (primary N) is 1. The van der Waals surface area contributed by atoms with E-state index < -0.39 is 17.6 Å². The van der Waals surface area contributed by atoms with E-state index >= 15 is 0 Å². The van der Waals surface area contributed by atoms with Gasteiger partial charge in [0, 0.05) is 18.3 Å². The quantitative estimate of drug-likeness (QED) is 0.846. The van der Waals surface area contributed by atoms with Crippen molar-refractivity contribution in [3.63, 3.8) is 0 Å². The molecular formula is C14H13F2N3O2. The van der Waals surface area contributed by atoms with E-state index in [1.807, 2.05) is 0 Å². The van der Waals surface area contributed by atoms with Gasteiger partial charge in [-0.2, -0.15) is 0 Å². The van der Waals surface area contributed by atoms with Gasteiger partial charge >= 0.3 is 5.97 Å². The summed E-state index contributed by atoms with van der Waals surface area (Å²) in [5.74, 6) is -1.50. The summed E-state index contributed by atoms with van der Waals surface area (Å²) >= 11 is 0. The molecule has 0 fully saturated rings. The van der Waals surface area contributed by atoms with Crippen molar-refractivity contribution in [1.29, 1.82) is 0 Å². The summed E-state index contributed by atoms with van der Waals surface area (Å²) in [4.78, 5) is 15.5. The molecule has 1 heterocycles. The summed E-state index contributed by atoms with van der Waals surface area (Å²) < 4.78 is 31.2. The number of nitrogens with one attached hydrogen (secondary N) is 1. The lowest BCUT2D eigenvalue weighted by Gasteiger charge is -2.11. The van der Waals surface area contributed by atoms with E-state index in [4.69, 9.17) is 5.73 Å². The number of benzene rings is 1. The second-order valence-electron chi connectivity index (χ2n) is 4.20. The van der Waals surface area contributed by atoms with Crippen LogP contribution in [0.15, 0.2) is 30.5 Å². The monoisotopic (exact) mass is 293 g/mol. The van der Waals surface area contributed by atoms with Crippen LogP contribution in [0.1, 0.15) is 15.9 Å². The van der Waals surface area contributed by atoms with Gasteiger partial charge in [0.1, 0.15) is 17.5 Å². The molecule has 1 aromatic heterocycles. The SMILES string of the molecule is COC(=O)c1ccnc(NCc2cc(F)ccc2F)c1N. The fraction of sp³-hybridized carbons (Fsp3) is 0.143. The molecule has 0 amide bonds. The molecule has 0 saturated carbocycles. The van der Waals surface area contributed by atoms with E-state index in [9.17, 15) is 13.6 Å². The molecule has 5 nitrogen and oxygen atoms in total. The Bertz CT molecular complexity index is 677. The number of esters is 1. The molecule has 1 aromatic carbocycles. The number of hydrogen-bond acceptors (Lipinski definition) is 5. The number of pyridine rings is 1. The van der Waals surface area contributed by atoms with Gasteiger partial charge in [0.15, 0.2) is 0 Å². The molecular weight excluding hydrogens is 280 g/mol. The van der Waals surface area contributed by atoms with Crippen LogP contribution in [-0.2, 0) is 11.3 Å². The molecule has 21 heavy (non-hydrogen) atoms. The van der Waals surface area contributed by atoms with Crippen LogP contribution in [0, 0.1) is 11.6 Å². The van der Waals surface area contributed by atoms with Gasteiger partial charge in [-0.05, 0) is 24.3 Å². The van der Waals surface area contributed by atoms with E-state index in [1.165, 1.54) is 19.4 Å². The lowest BCUT2D eigenvalue weighted by molar-refractivity contribution is 0.0602. The Morgan fingerprint density at radius 1 is 1.38 bits per heavy atom. The molecule has 0 saturated heterocycles. The fourth-order valence-corrected chi connectivity index (χ4v) is 1.76. The van der Waals surface area contributed by atoms with Gasteiger partial charge in [0.25, 0.3) is 0 Å². The Morgan fingerprint density at radius 3 is 2.86 bits per heavy atom. The Balaban J connectivity index is 2.21. The van der Waals surface area contributed by atoms with Crippen LogP contribution in [0.2, 0.25) is 0 Å². The highest BCUT2D eigenvalue weighted by Crippen LogP contribution is 2.21. The number of carbonyl (C=O) groups excluding carboxylic acids is 1. The van der Waals surface area contributed by atoms with E-state index in [0.29, 0.717) is 0 Å². The molecule has 0 aliphatic rings. The number of hydrogen-bond donors (Lipinski definition) is 2. The van der Waals surface area contributed by atoms with Crippen LogP contribution < -0.4 is 11.1 Å². The van der Waals surface area contributed by atoms with Gasteiger partial charge in [-0.25, -0.2) is 18.6 Å². The molecule has 0 unspecified atom stereocenters. The molecule has 3 N–H and O–H groups in total. The lowest BCUT2D eigenvalue weighted by atomic mass is 10.2. The van der Waals surface area contributed by atoms with Crippen LogP contribution in [-0.4, -0.2) is 18.1 Å². The molecule has 2 rings (SSSR count). The highest BCUT2D eigenvalue weighted by Gasteiger charge is 2.14. The first-order valence-electron chi connectivity index (χ1n) is 6.03. The van der Waals surface area contributed by atoms with Crippen molar-refractivity contribution in [1.82, 2.24) is 4.98 Å². The topological polar surface area (TPSA) is 77.2 Å². The summed E-state index contributed by atoms with van der Waals surface area (Å²) in [6.45, 7) is -0.0224. The smallest absolute Gasteiger partial charge is 0.340 e. The van der Waals surface area contributed by atoms with Crippen molar-refractivity contribution in [2.24, 2.45) is 0 Å². The third kappa shape index (κ3) is 3.25. The zero-order valence-electron chi connectivity index (χ0n) is 11.2. The minimum atomic E-state index is -0.602. The van der Waals surface area contributed by atoms with Gasteiger partial charge in [-0.1, -0.05) is 0 Å². The highest BCUT2D eigenvalue weighted by atomic mass is 19.1. The van der Waals surface area contributed by atoms with Crippen LogP contribution in [0.25, 0.3) is 0 Å². The Hall–Kier alpha value is -2.70. The maximum absolute atomic E-state index is 13.5. The summed E-state index contributed by atoms with van der Waals surface area (Å²) in [6, 6.07) is 4.55. The lowest BCUT2D eigenvalue weighted by Crippen LogP contribution is -2.11. The van der Waals surface area contributed by atoms with Gasteiger partial charge in [0.2, 0.25) is 0 Å². The predicted octanol–water partition coefficient (Wildman–Crippen LogP) is 2.34. The number of anilines is 2. The van der Waals surface area contributed by atoms with Crippen molar-refractivity contribution in [3.8, 4) is 0 Å². The van der Waals surface area contributed by atoms with E-state index in [-0.39, 0.29) is 29.2 Å². The number of halogens is 2. The number of aromatic nitrogens is 1. The zero-order chi connectivity index (χ0) is 15.4. The first kappa shape index (κ1) is 14.7. The number of rotatable bonds is 4. The average Bonchev–Trinajstić information content (AvgIpc) is 2.48. The Kier molecular flexibility index (Phi) is 4.32. The Morgan fingerprint density at radius 2 is 2.14 bits per heavy atom. The predicted molar refractivity (Wildman–Crippen MR) is 73.7 cm³/mol. The van der Waals surface area contributed by atoms with E-state index in [0.717, 1.165) is 18.2 Å². The number of nitrogen functional groups attached to an aromatic ring is 1. The van der Waals surface area contributed by atoms with E-state index in [2.05, 4.69) is 15.0 Å². The van der Waals surface area contributed by atoms with Gasteiger partial charge in [0.05, 0.1) is 18.4 Å². The number of nitrogens with zero attached hydrogens (tertiary/aromatic N) is 1. The van der Waals surface area contributed by atoms with Crippen molar-refractivity contribution in [2.45, 2.75) is 6.54 Å². The highest BCUT2D eigenvalue weighted by molar-refractivity contribution is 5.97. The molecule has 0 spiro atoms. The summed E-state index contributed by atoms with van der Waals surface area (Å²) in [5.41, 5.74) is 6.16. The summed E-state index contributed by atoms with van der Waals surface area (Å²) in [5, 5.41) is 2.77. The third-order valence-electron chi connectivity index (χ3n) is 2.85. The first-order chi connectivity index (χ1) is 10.0. The zero-order valence-corrected chi connectivity index (χ0v) is 11.2. The van der Waals surface area contributed by atoms with Gasteiger partial charge in [-0.15, -0.1) is 0 Å². The summed E-state index contributed by atoms with van der Waals surface area (Å²) in [7, 11) is 1.23. The number of methoxy groups -OCH3 is 1. The van der Waals surface area contributed by atoms with Crippen LogP contribution in [0.5, 0.6) is 0 Å². The molecule has 0 aliphatic carbocycles. The van der Waals surface area contributed by atoms with Gasteiger partial charge < -0.3 is 15.8 Å². The standard InChI is InChI=1S/C14H13F2N3O2/c1-21-14(20)10-4-5-18-13(12(10)17)19-7-8-6-9(15)2-3-11(8)16/h2-6H,7,17H2,1H3,(H,18,19). The molecule has 2 aromatic rings. The molecule has 0 aliphatic heterocycles.